The van der Waals surface area contributed by atoms with Crippen molar-refractivity contribution in [3.8, 4) is 11.8 Å². The van der Waals surface area contributed by atoms with E-state index in [1.54, 1.807) is 0 Å². The zero-order valence-electron chi connectivity index (χ0n) is 10.8. The van der Waals surface area contributed by atoms with Crippen molar-refractivity contribution in [3.63, 3.8) is 0 Å². The monoisotopic (exact) mass is 278 g/mol. The van der Waals surface area contributed by atoms with Gasteiger partial charge in [-0.3, -0.25) is 4.79 Å². The minimum absolute atomic E-state index is 0.0752. The van der Waals surface area contributed by atoms with Gasteiger partial charge < -0.3 is 15.7 Å². The second kappa shape index (κ2) is 6.71. The average molecular weight is 278 g/mol. The first-order chi connectivity index (χ1) is 9.24. The molecule has 1 unspecified atom stereocenters. The van der Waals surface area contributed by atoms with Gasteiger partial charge in [-0.2, -0.15) is 0 Å². The molecule has 1 aliphatic heterocycles. The molecular weight excluding hydrogens is 260 g/mol. The van der Waals surface area contributed by atoms with E-state index in [1.807, 2.05) is 17.0 Å². The largest absolute Gasteiger partial charge is 0.396 e. The number of rotatable bonds is 3. The van der Waals surface area contributed by atoms with E-state index < -0.39 is 0 Å². The lowest BCUT2D eigenvalue weighted by molar-refractivity contribution is 0.0789. The molecule has 1 amide bonds. The fourth-order valence-corrected chi connectivity index (χ4v) is 3.10. The zero-order valence-corrected chi connectivity index (χ0v) is 11.6. The third kappa shape index (κ3) is 3.57. The standard InChI is InChI=1S/C14H18N2O2S/c15-7-1-2-12-3-4-13(19-12)14(18)16-8-5-11(10-16)6-9-17/h3-4,11,17H,5-10,15H2. The third-order valence-electron chi connectivity index (χ3n) is 3.24. The van der Waals surface area contributed by atoms with Crippen molar-refractivity contribution in [3.05, 3.63) is 21.9 Å². The second-order valence-corrected chi connectivity index (χ2v) is 5.67. The molecule has 1 fully saturated rings. The molecule has 0 radical (unpaired) electrons. The molecule has 3 N–H and O–H groups in total. The van der Waals surface area contributed by atoms with Crippen LogP contribution in [0.2, 0.25) is 0 Å². The number of carbonyl (C=O) groups is 1. The summed E-state index contributed by atoms with van der Waals surface area (Å²) in [6.45, 7) is 2.06. The summed E-state index contributed by atoms with van der Waals surface area (Å²) in [4.78, 5) is 15.8. The van der Waals surface area contributed by atoms with Crippen molar-refractivity contribution < 1.29 is 9.90 Å². The number of amides is 1. The molecule has 1 atom stereocenters. The van der Waals surface area contributed by atoms with Crippen molar-refractivity contribution in [1.82, 2.24) is 4.90 Å². The number of carbonyl (C=O) groups excluding carboxylic acids is 1. The number of hydrogen-bond acceptors (Lipinski definition) is 4. The lowest BCUT2D eigenvalue weighted by Crippen LogP contribution is -2.28. The minimum atomic E-state index is 0.0752. The first kappa shape index (κ1) is 14.1. The molecule has 0 saturated carbocycles. The van der Waals surface area contributed by atoms with Crippen LogP contribution in [-0.2, 0) is 0 Å². The SMILES string of the molecule is NCC#Cc1ccc(C(=O)N2CCC(CCO)C2)s1. The van der Waals surface area contributed by atoms with E-state index in [0.717, 1.165) is 35.7 Å². The fraction of sp³-hybridized carbons (Fsp3) is 0.500. The average Bonchev–Trinajstić information content (AvgIpc) is 3.05. The maximum Gasteiger partial charge on any atom is 0.263 e. The zero-order chi connectivity index (χ0) is 13.7. The summed E-state index contributed by atoms with van der Waals surface area (Å²) in [6.07, 6.45) is 1.76. The Kier molecular flexibility index (Phi) is 4.97. The van der Waals surface area contributed by atoms with E-state index in [0.29, 0.717) is 12.5 Å². The molecule has 1 aromatic heterocycles. The van der Waals surface area contributed by atoms with Gasteiger partial charge >= 0.3 is 0 Å². The van der Waals surface area contributed by atoms with Gasteiger partial charge in [0.05, 0.1) is 16.3 Å². The predicted molar refractivity (Wildman–Crippen MR) is 76.0 cm³/mol. The Morgan fingerprint density at radius 3 is 3.16 bits per heavy atom. The highest BCUT2D eigenvalue weighted by molar-refractivity contribution is 7.14. The topological polar surface area (TPSA) is 66.6 Å². The van der Waals surface area contributed by atoms with Crippen LogP contribution in [0.25, 0.3) is 0 Å². The summed E-state index contributed by atoms with van der Waals surface area (Å²) in [5, 5.41) is 8.93. The summed E-state index contributed by atoms with van der Waals surface area (Å²) in [7, 11) is 0. The van der Waals surface area contributed by atoms with Crippen LogP contribution < -0.4 is 5.73 Å². The lowest BCUT2D eigenvalue weighted by atomic mass is 10.1. The molecule has 1 aromatic rings. The highest BCUT2D eigenvalue weighted by atomic mass is 32.1. The van der Waals surface area contributed by atoms with Crippen molar-refractivity contribution in [2.45, 2.75) is 12.8 Å². The number of aliphatic hydroxyl groups is 1. The molecule has 2 rings (SSSR count). The van der Waals surface area contributed by atoms with E-state index in [2.05, 4.69) is 11.8 Å². The number of nitrogens with zero attached hydrogens (tertiary/aromatic N) is 1. The quantitative estimate of drug-likeness (QED) is 0.807. The van der Waals surface area contributed by atoms with Crippen LogP contribution in [0.1, 0.15) is 27.4 Å². The molecule has 2 heterocycles. The molecular formula is C14H18N2O2S. The number of aliphatic hydroxyl groups excluding tert-OH is 1. The van der Waals surface area contributed by atoms with Gasteiger partial charge in [0.15, 0.2) is 0 Å². The highest BCUT2D eigenvalue weighted by Crippen LogP contribution is 2.24. The number of thiophene rings is 1. The summed E-state index contributed by atoms with van der Waals surface area (Å²) < 4.78 is 0. The van der Waals surface area contributed by atoms with Gasteiger partial charge in [0.25, 0.3) is 5.91 Å². The van der Waals surface area contributed by atoms with Crippen LogP contribution in [-0.4, -0.2) is 42.2 Å². The minimum Gasteiger partial charge on any atom is -0.396 e. The van der Waals surface area contributed by atoms with Crippen molar-refractivity contribution in [2.24, 2.45) is 11.7 Å². The lowest BCUT2D eigenvalue weighted by Gasteiger charge is -2.15. The van der Waals surface area contributed by atoms with Crippen LogP contribution in [0.5, 0.6) is 0 Å². The van der Waals surface area contributed by atoms with E-state index in [9.17, 15) is 4.79 Å². The molecule has 1 saturated heterocycles. The summed E-state index contributed by atoms with van der Waals surface area (Å²) in [5.41, 5.74) is 5.32. The van der Waals surface area contributed by atoms with Gasteiger partial charge in [-0.05, 0) is 30.9 Å². The van der Waals surface area contributed by atoms with Crippen LogP contribution in [0.15, 0.2) is 12.1 Å². The fourth-order valence-electron chi connectivity index (χ4n) is 2.25. The van der Waals surface area contributed by atoms with Crippen molar-refractivity contribution in [1.29, 1.82) is 0 Å². The van der Waals surface area contributed by atoms with Gasteiger partial charge in [-0.25, -0.2) is 0 Å². The maximum absolute atomic E-state index is 12.3. The normalized spacial score (nSPS) is 18.2. The Hall–Kier alpha value is -1.35. The Balaban J connectivity index is 1.98. The summed E-state index contributed by atoms with van der Waals surface area (Å²) in [5.74, 6) is 6.24. The molecule has 0 aliphatic carbocycles. The number of nitrogens with two attached hydrogens (primary N) is 1. The van der Waals surface area contributed by atoms with E-state index in [1.165, 1.54) is 11.3 Å². The second-order valence-electron chi connectivity index (χ2n) is 4.59. The molecule has 102 valence electrons. The maximum atomic E-state index is 12.3. The molecule has 0 aromatic carbocycles. The Bertz CT molecular complexity index is 501. The highest BCUT2D eigenvalue weighted by Gasteiger charge is 2.27. The predicted octanol–water partition coefficient (Wildman–Crippen LogP) is 0.903. The van der Waals surface area contributed by atoms with Gasteiger partial charge in [-0.1, -0.05) is 11.8 Å². The third-order valence-corrected chi connectivity index (χ3v) is 4.23. The van der Waals surface area contributed by atoms with Crippen LogP contribution >= 0.6 is 11.3 Å². The van der Waals surface area contributed by atoms with E-state index in [4.69, 9.17) is 10.8 Å². The molecule has 0 spiro atoms. The molecule has 5 heteroatoms. The number of hydrogen-bond donors (Lipinski definition) is 2. The first-order valence-corrected chi connectivity index (χ1v) is 7.25. The van der Waals surface area contributed by atoms with Crippen molar-refractivity contribution >= 4 is 17.2 Å². The van der Waals surface area contributed by atoms with E-state index in [-0.39, 0.29) is 12.5 Å². The van der Waals surface area contributed by atoms with Gasteiger partial charge in [0, 0.05) is 19.7 Å². The van der Waals surface area contributed by atoms with Crippen LogP contribution in [0.4, 0.5) is 0 Å². The van der Waals surface area contributed by atoms with Gasteiger partial charge in [-0.15, -0.1) is 11.3 Å². The van der Waals surface area contributed by atoms with E-state index >= 15 is 0 Å². The Labute approximate surface area is 117 Å². The van der Waals surface area contributed by atoms with Crippen molar-refractivity contribution in [2.75, 3.05) is 26.2 Å². The van der Waals surface area contributed by atoms with Crippen LogP contribution in [0.3, 0.4) is 0 Å². The Morgan fingerprint density at radius 1 is 1.58 bits per heavy atom. The van der Waals surface area contributed by atoms with Gasteiger partial charge in [0.2, 0.25) is 0 Å². The Morgan fingerprint density at radius 2 is 2.42 bits per heavy atom. The smallest absolute Gasteiger partial charge is 0.263 e. The summed E-state index contributed by atoms with van der Waals surface area (Å²) in [6, 6.07) is 3.69. The summed E-state index contributed by atoms with van der Waals surface area (Å²) >= 11 is 1.41. The molecule has 4 nitrogen and oxygen atoms in total. The van der Waals surface area contributed by atoms with Crippen LogP contribution in [0, 0.1) is 17.8 Å². The molecule has 1 aliphatic rings. The first-order valence-electron chi connectivity index (χ1n) is 6.43. The molecule has 19 heavy (non-hydrogen) atoms. The van der Waals surface area contributed by atoms with Gasteiger partial charge in [0.1, 0.15) is 0 Å². The molecule has 0 bridgehead atoms. The number of likely N-dealkylation sites (tertiary alicyclic amines) is 1.